The van der Waals surface area contributed by atoms with Crippen LogP contribution in [-0.4, -0.2) is 23.7 Å². The maximum atomic E-state index is 13.3. The fourth-order valence-electron chi connectivity index (χ4n) is 2.32. The van der Waals surface area contributed by atoms with Crippen molar-refractivity contribution in [3.05, 3.63) is 0 Å². The lowest BCUT2D eigenvalue weighted by Gasteiger charge is -2.36. The third kappa shape index (κ3) is 4.07. The molecule has 0 amide bonds. The summed E-state index contributed by atoms with van der Waals surface area (Å²) in [7, 11) is 0. The quantitative estimate of drug-likeness (QED) is 0.534. The van der Waals surface area contributed by atoms with Crippen molar-refractivity contribution in [2.24, 2.45) is 5.41 Å². The average Bonchev–Trinajstić information content (AvgIpc) is 2.75. The van der Waals surface area contributed by atoms with E-state index in [1.165, 1.54) is 0 Å². The molecule has 0 unspecified atom stereocenters. The molecule has 0 aromatic heterocycles. The van der Waals surface area contributed by atoms with E-state index in [1.807, 2.05) is 0 Å². The zero-order chi connectivity index (χ0) is 16.5. The van der Waals surface area contributed by atoms with Crippen molar-refractivity contribution in [2.75, 3.05) is 0 Å². The minimum Gasteiger partial charge on any atom is -0.458 e. The van der Waals surface area contributed by atoms with Crippen LogP contribution in [0.2, 0.25) is 0 Å². The van der Waals surface area contributed by atoms with Crippen molar-refractivity contribution >= 4 is 5.97 Å². The van der Waals surface area contributed by atoms with E-state index in [0.717, 1.165) is 0 Å². The monoisotopic (exact) mass is 316 g/mol. The summed E-state index contributed by atoms with van der Waals surface area (Å²) < 4.78 is 69.1. The molecule has 0 aliphatic heterocycles. The predicted octanol–water partition coefficient (Wildman–Crippen LogP) is 4.87. The molecule has 1 saturated carbocycles. The van der Waals surface area contributed by atoms with Gasteiger partial charge in [-0.15, -0.1) is 0 Å². The molecule has 1 aliphatic carbocycles. The van der Waals surface area contributed by atoms with Gasteiger partial charge in [-0.2, -0.15) is 22.0 Å². The number of ether oxygens (including phenoxy) is 1. The van der Waals surface area contributed by atoms with Gasteiger partial charge >= 0.3 is 18.1 Å². The lowest BCUT2D eigenvalue weighted by Crippen LogP contribution is -2.47. The molecule has 1 aliphatic rings. The standard InChI is InChI=1S/C14H21F5O2/c1-4-11(2,3)10(20)21-12(7-5-6-8-12)9-13(15,16)14(17,18)19/h4-9H2,1-3H3. The zero-order valence-corrected chi connectivity index (χ0v) is 12.4. The number of rotatable bonds is 5. The van der Waals surface area contributed by atoms with Crippen molar-refractivity contribution in [3.8, 4) is 0 Å². The summed E-state index contributed by atoms with van der Waals surface area (Å²) in [6, 6.07) is 0. The van der Waals surface area contributed by atoms with Gasteiger partial charge in [0.15, 0.2) is 0 Å². The van der Waals surface area contributed by atoms with Gasteiger partial charge in [0.1, 0.15) is 5.60 Å². The van der Waals surface area contributed by atoms with Crippen molar-refractivity contribution < 1.29 is 31.5 Å². The van der Waals surface area contributed by atoms with Gasteiger partial charge in [-0.1, -0.05) is 6.92 Å². The minimum absolute atomic E-state index is 0.0458. The molecule has 0 atom stereocenters. The summed E-state index contributed by atoms with van der Waals surface area (Å²) in [6.45, 7) is 4.90. The van der Waals surface area contributed by atoms with Crippen LogP contribution in [0.1, 0.15) is 59.3 Å². The second-order valence-corrected chi connectivity index (χ2v) is 6.40. The third-order valence-corrected chi connectivity index (χ3v) is 4.22. The number of carbonyl (C=O) groups excluding carboxylic acids is 1. The van der Waals surface area contributed by atoms with E-state index in [4.69, 9.17) is 4.74 Å². The summed E-state index contributed by atoms with van der Waals surface area (Å²) in [5.41, 5.74) is -2.61. The van der Waals surface area contributed by atoms with Gasteiger partial charge in [0, 0.05) is 0 Å². The summed E-state index contributed by atoms with van der Waals surface area (Å²) in [5.74, 6) is -5.57. The number of hydrogen-bond donors (Lipinski definition) is 0. The molecule has 124 valence electrons. The van der Waals surface area contributed by atoms with Crippen LogP contribution >= 0.6 is 0 Å². The molecule has 0 aromatic carbocycles. The van der Waals surface area contributed by atoms with Crippen LogP contribution in [0.3, 0.4) is 0 Å². The van der Waals surface area contributed by atoms with Gasteiger partial charge < -0.3 is 4.74 Å². The van der Waals surface area contributed by atoms with E-state index in [1.54, 1.807) is 20.8 Å². The molecule has 1 fully saturated rings. The van der Waals surface area contributed by atoms with Gasteiger partial charge in [-0.05, 0) is 46.0 Å². The van der Waals surface area contributed by atoms with E-state index < -0.39 is 35.5 Å². The second-order valence-electron chi connectivity index (χ2n) is 6.40. The minimum atomic E-state index is -5.63. The first-order chi connectivity index (χ1) is 9.35. The highest BCUT2D eigenvalue weighted by atomic mass is 19.4. The Morgan fingerprint density at radius 3 is 1.95 bits per heavy atom. The highest BCUT2D eigenvalue weighted by Crippen LogP contribution is 2.48. The smallest absolute Gasteiger partial charge is 0.453 e. The number of hydrogen-bond acceptors (Lipinski definition) is 2. The normalized spacial score (nSPS) is 19.6. The van der Waals surface area contributed by atoms with Crippen molar-refractivity contribution in [1.82, 2.24) is 0 Å². The second kappa shape index (κ2) is 5.72. The molecule has 2 nitrogen and oxygen atoms in total. The molecule has 0 aromatic rings. The lowest BCUT2D eigenvalue weighted by molar-refractivity contribution is -0.298. The SMILES string of the molecule is CCC(C)(C)C(=O)OC1(CC(F)(F)C(F)(F)F)CCCC1. The van der Waals surface area contributed by atoms with Gasteiger partial charge in [-0.3, -0.25) is 4.79 Å². The first kappa shape index (κ1) is 18.2. The molecule has 0 saturated heterocycles. The van der Waals surface area contributed by atoms with E-state index in [2.05, 4.69) is 0 Å². The van der Waals surface area contributed by atoms with Gasteiger partial charge in [0.25, 0.3) is 0 Å². The Bertz CT molecular complexity index is 381. The lowest BCUT2D eigenvalue weighted by atomic mass is 9.88. The molecule has 0 N–H and O–H groups in total. The Morgan fingerprint density at radius 1 is 1.10 bits per heavy atom. The van der Waals surface area contributed by atoms with Crippen LogP contribution < -0.4 is 0 Å². The predicted molar refractivity (Wildman–Crippen MR) is 67.0 cm³/mol. The maximum Gasteiger partial charge on any atom is 0.453 e. The molecule has 0 spiro atoms. The largest absolute Gasteiger partial charge is 0.458 e. The molecule has 0 radical (unpaired) electrons. The first-order valence-corrected chi connectivity index (χ1v) is 7.03. The third-order valence-electron chi connectivity index (χ3n) is 4.22. The number of halogens is 5. The molecule has 21 heavy (non-hydrogen) atoms. The Balaban J connectivity index is 2.93. The van der Waals surface area contributed by atoms with Crippen LogP contribution in [0.15, 0.2) is 0 Å². The van der Waals surface area contributed by atoms with Crippen molar-refractivity contribution in [2.45, 2.75) is 77.0 Å². The van der Waals surface area contributed by atoms with Gasteiger partial charge in [-0.25, -0.2) is 0 Å². The number of esters is 1. The molecule has 7 heteroatoms. The Hall–Kier alpha value is -0.880. The van der Waals surface area contributed by atoms with Crippen LogP contribution in [-0.2, 0) is 9.53 Å². The zero-order valence-electron chi connectivity index (χ0n) is 12.4. The topological polar surface area (TPSA) is 26.3 Å². The molecular formula is C14H21F5O2. The summed E-state index contributed by atoms with van der Waals surface area (Å²) in [6.07, 6.45) is -5.65. The summed E-state index contributed by atoms with van der Waals surface area (Å²) >= 11 is 0. The van der Waals surface area contributed by atoms with E-state index in [0.29, 0.717) is 19.3 Å². The molecule has 0 heterocycles. The number of alkyl halides is 5. The summed E-state index contributed by atoms with van der Waals surface area (Å²) in [4.78, 5) is 12.0. The Morgan fingerprint density at radius 2 is 1.57 bits per heavy atom. The van der Waals surface area contributed by atoms with Crippen LogP contribution in [0.4, 0.5) is 22.0 Å². The van der Waals surface area contributed by atoms with Crippen LogP contribution in [0.5, 0.6) is 0 Å². The fraction of sp³-hybridized carbons (Fsp3) is 0.929. The molecule has 0 bridgehead atoms. The van der Waals surface area contributed by atoms with Crippen molar-refractivity contribution in [3.63, 3.8) is 0 Å². The summed E-state index contributed by atoms with van der Waals surface area (Å²) in [5, 5.41) is 0. The van der Waals surface area contributed by atoms with Crippen LogP contribution in [0, 0.1) is 5.41 Å². The Kier molecular flexibility index (Phi) is 4.95. The van der Waals surface area contributed by atoms with E-state index in [9.17, 15) is 26.7 Å². The first-order valence-electron chi connectivity index (χ1n) is 7.03. The molecule has 1 rings (SSSR count). The van der Waals surface area contributed by atoms with Crippen LogP contribution in [0.25, 0.3) is 0 Å². The Labute approximate surface area is 121 Å². The fourth-order valence-corrected chi connectivity index (χ4v) is 2.32. The van der Waals surface area contributed by atoms with Gasteiger partial charge in [0.2, 0.25) is 0 Å². The maximum absolute atomic E-state index is 13.3. The highest BCUT2D eigenvalue weighted by molar-refractivity contribution is 5.76. The number of carbonyl (C=O) groups is 1. The van der Waals surface area contributed by atoms with Crippen molar-refractivity contribution in [1.29, 1.82) is 0 Å². The highest BCUT2D eigenvalue weighted by Gasteiger charge is 2.62. The van der Waals surface area contributed by atoms with E-state index in [-0.39, 0.29) is 12.8 Å². The average molecular weight is 316 g/mol. The van der Waals surface area contributed by atoms with E-state index >= 15 is 0 Å². The van der Waals surface area contributed by atoms with Gasteiger partial charge in [0.05, 0.1) is 11.8 Å². The molecular weight excluding hydrogens is 295 g/mol.